The Morgan fingerprint density at radius 3 is 2.76 bits per heavy atom. The van der Waals surface area contributed by atoms with Crippen LogP contribution in [0.5, 0.6) is 5.75 Å². The molecule has 0 aliphatic carbocycles. The van der Waals surface area contributed by atoms with Gasteiger partial charge in [0.2, 0.25) is 0 Å². The molecule has 3 aliphatic heterocycles. The molecule has 34 heavy (non-hydrogen) atoms. The number of anilines is 1. The van der Waals surface area contributed by atoms with E-state index in [1.54, 1.807) is 0 Å². The molecule has 2 N–H and O–H groups in total. The number of aliphatic hydroxyl groups is 1. The molecule has 8 nitrogen and oxygen atoms in total. The van der Waals surface area contributed by atoms with E-state index in [0.29, 0.717) is 30.4 Å². The highest BCUT2D eigenvalue weighted by Gasteiger charge is 2.35. The van der Waals surface area contributed by atoms with Gasteiger partial charge in [0, 0.05) is 49.7 Å². The van der Waals surface area contributed by atoms with Gasteiger partial charge in [0.15, 0.2) is 5.82 Å². The van der Waals surface area contributed by atoms with Gasteiger partial charge in [-0.05, 0) is 57.7 Å². The van der Waals surface area contributed by atoms with Gasteiger partial charge in [0.25, 0.3) is 0 Å². The molecule has 4 atom stereocenters. The third-order valence-electron chi connectivity index (χ3n) is 7.04. The smallest absolute Gasteiger partial charge is 0.161 e. The summed E-state index contributed by atoms with van der Waals surface area (Å²) < 4.78 is 17.6. The van der Waals surface area contributed by atoms with Crippen LogP contribution >= 0.6 is 0 Å². The molecule has 3 fully saturated rings. The van der Waals surface area contributed by atoms with Crippen molar-refractivity contribution in [2.75, 3.05) is 51.4 Å². The van der Waals surface area contributed by atoms with Crippen LogP contribution in [0.25, 0.3) is 11.4 Å². The third-order valence-corrected chi connectivity index (χ3v) is 7.04. The number of morpholine rings is 1. The number of aromatic nitrogens is 2. The Bertz CT molecular complexity index is 969. The predicted octanol–water partition coefficient (Wildman–Crippen LogP) is 2.36. The molecular weight excluding hydrogens is 432 g/mol. The summed E-state index contributed by atoms with van der Waals surface area (Å²) in [5.41, 5.74) is 3.19. The maximum Gasteiger partial charge on any atom is 0.161 e. The fourth-order valence-electron chi connectivity index (χ4n) is 5.20. The topological polar surface area (TPSA) is 89.0 Å². The Balaban J connectivity index is 1.44. The minimum atomic E-state index is -0.562. The summed E-state index contributed by atoms with van der Waals surface area (Å²) in [6, 6.07) is 7.85. The van der Waals surface area contributed by atoms with Crippen molar-refractivity contribution < 1.29 is 19.3 Å². The largest absolute Gasteiger partial charge is 0.491 e. The van der Waals surface area contributed by atoms with E-state index < -0.39 is 6.10 Å². The number of fused-ring (bicyclic) bond motifs is 2. The van der Waals surface area contributed by atoms with Gasteiger partial charge in [-0.2, -0.15) is 0 Å². The normalized spacial score (nSPS) is 25.0. The van der Waals surface area contributed by atoms with Crippen LogP contribution in [0.2, 0.25) is 0 Å². The third kappa shape index (κ3) is 5.35. The van der Waals surface area contributed by atoms with Crippen molar-refractivity contribution in [3.63, 3.8) is 0 Å². The van der Waals surface area contributed by atoms with Crippen molar-refractivity contribution in [1.82, 2.24) is 15.3 Å². The maximum atomic E-state index is 9.99. The summed E-state index contributed by atoms with van der Waals surface area (Å²) in [6.07, 6.45) is 4.26. The lowest BCUT2D eigenvalue weighted by molar-refractivity contribution is 0.0302. The number of likely N-dealkylation sites (N-methyl/N-ethyl adjacent to an activating group) is 1. The van der Waals surface area contributed by atoms with Crippen LogP contribution < -0.4 is 15.0 Å². The molecule has 2 aromatic rings. The highest BCUT2D eigenvalue weighted by molar-refractivity contribution is 5.62. The van der Waals surface area contributed by atoms with E-state index in [4.69, 9.17) is 24.2 Å². The van der Waals surface area contributed by atoms with Crippen LogP contribution in [-0.2, 0) is 15.9 Å². The first-order chi connectivity index (χ1) is 16.6. The first kappa shape index (κ1) is 23.5. The van der Waals surface area contributed by atoms with Crippen molar-refractivity contribution in [2.24, 2.45) is 5.92 Å². The Kier molecular flexibility index (Phi) is 7.29. The number of rotatable bonds is 9. The quantitative estimate of drug-likeness (QED) is 0.580. The Hall–Kier alpha value is -2.26. The lowest BCUT2D eigenvalue weighted by Gasteiger charge is -2.34. The molecule has 0 spiro atoms. The molecule has 0 radical (unpaired) electrons. The predicted molar refractivity (Wildman–Crippen MR) is 130 cm³/mol. The van der Waals surface area contributed by atoms with E-state index in [2.05, 4.69) is 17.1 Å². The van der Waals surface area contributed by atoms with E-state index >= 15 is 0 Å². The number of hydrogen-bond acceptors (Lipinski definition) is 8. The van der Waals surface area contributed by atoms with E-state index in [-0.39, 0.29) is 6.61 Å². The molecule has 0 saturated carbocycles. The zero-order chi connectivity index (χ0) is 23.5. The van der Waals surface area contributed by atoms with Crippen molar-refractivity contribution in [3.05, 3.63) is 35.5 Å². The number of nitrogens with zero attached hydrogens (tertiary/aromatic N) is 3. The second kappa shape index (κ2) is 10.6. The maximum absolute atomic E-state index is 9.99. The van der Waals surface area contributed by atoms with Gasteiger partial charge in [-0.3, -0.25) is 0 Å². The summed E-state index contributed by atoms with van der Waals surface area (Å²) in [5, 5.41) is 12.9. The lowest BCUT2D eigenvalue weighted by Crippen LogP contribution is -2.43. The standard InChI is InChI=1S/C26H36N4O4/c1-17-24(10-18-8-9-32-15-18)28-25(29-26(17)30-13-22-6-7-23(14-30)34-22)19-4-3-5-21(11-19)33-16-20(31)12-27-2/h3-5,11,18,20,22-23,27,31H,6-10,12-16H2,1-2H3/t18-,20?,22?,23?/m0/s1. The van der Waals surface area contributed by atoms with Crippen molar-refractivity contribution >= 4 is 5.82 Å². The molecule has 5 rings (SSSR count). The molecule has 1 aromatic heterocycles. The minimum absolute atomic E-state index is 0.230. The molecule has 0 amide bonds. The van der Waals surface area contributed by atoms with Gasteiger partial charge in [0.05, 0.1) is 12.2 Å². The second-order valence-corrected chi connectivity index (χ2v) is 9.79. The van der Waals surface area contributed by atoms with Gasteiger partial charge in [-0.15, -0.1) is 0 Å². The van der Waals surface area contributed by atoms with Gasteiger partial charge in [0.1, 0.15) is 24.3 Å². The molecule has 3 aliphatic rings. The molecule has 3 unspecified atom stereocenters. The summed E-state index contributed by atoms with van der Waals surface area (Å²) in [5.74, 6) is 2.94. The van der Waals surface area contributed by atoms with Crippen LogP contribution in [0.4, 0.5) is 5.82 Å². The molecule has 8 heteroatoms. The average Bonchev–Trinajstić information content (AvgIpc) is 3.48. The molecule has 2 bridgehead atoms. The summed E-state index contributed by atoms with van der Waals surface area (Å²) in [6.45, 7) is 6.27. The van der Waals surface area contributed by atoms with Crippen LogP contribution in [0.15, 0.2) is 24.3 Å². The van der Waals surface area contributed by atoms with Gasteiger partial charge >= 0.3 is 0 Å². The summed E-state index contributed by atoms with van der Waals surface area (Å²) in [4.78, 5) is 12.5. The number of aliphatic hydroxyl groups excluding tert-OH is 1. The molecule has 3 saturated heterocycles. The number of ether oxygens (including phenoxy) is 3. The number of hydrogen-bond donors (Lipinski definition) is 2. The Morgan fingerprint density at radius 2 is 2.03 bits per heavy atom. The van der Waals surface area contributed by atoms with E-state index in [9.17, 15) is 5.11 Å². The van der Waals surface area contributed by atoms with E-state index in [1.807, 2.05) is 31.3 Å². The van der Waals surface area contributed by atoms with Gasteiger partial charge in [-0.1, -0.05) is 12.1 Å². The molecule has 1 aromatic carbocycles. The summed E-state index contributed by atoms with van der Waals surface area (Å²) >= 11 is 0. The zero-order valence-electron chi connectivity index (χ0n) is 20.2. The van der Waals surface area contributed by atoms with Crippen LogP contribution in [0.3, 0.4) is 0 Å². The fraction of sp³-hybridized carbons (Fsp3) is 0.615. The molecule has 4 heterocycles. The monoisotopic (exact) mass is 468 g/mol. The van der Waals surface area contributed by atoms with Crippen molar-refractivity contribution in [1.29, 1.82) is 0 Å². The van der Waals surface area contributed by atoms with Crippen molar-refractivity contribution in [3.8, 4) is 17.1 Å². The Labute approximate surface area is 201 Å². The average molecular weight is 469 g/mol. The van der Waals surface area contributed by atoms with Crippen LogP contribution in [0.1, 0.15) is 30.5 Å². The van der Waals surface area contributed by atoms with Gasteiger partial charge < -0.3 is 29.5 Å². The highest BCUT2D eigenvalue weighted by Crippen LogP contribution is 2.33. The van der Waals surface area contributed by atoms with E-state index in [0.717, 1.165) is 74.9 Å². The van der Waals surface area contributed by atoms with Crippen LogP contribution in [0, 0.1) is 12.8 Å². The van der Waals surface area contributed by atoms with Crippen LogP contribution in [-0.4, -0.2) is 79.9 Å². The highest BCUT2D eigenvalue weighted by atomic mass is 16.5. The summed E-state index contributed by atoms with van der Waals surface area (Å²) in [7, 11) is 1.81. The lowest BCUT2D eigenvalue weighted by atomic mass is 9.99. The zero-order valence-corrected chi connectivity index (χ0v) is 20.2. The fourth-order valence-corrected chi connectivity index (χ4v) is 5.20. The van der Waals surface area contributed by atoms with E-state index in [1.165, 1.54) is 5.56 Å². The van der Waals surface area contributed by atoms with Gasteiger partial charge in [-0.25, -0.2) is 9.97 Å². The number of benzene rings is 1. The second-order valence-electron chi connectivity index (χ2n) is 9.79. The Morgan fingerprint density at radius 1 is 1.21 bits per heavy atom. The first-order valence-electron chi connectivity index (χ1n) is 12.5. The first-order valence-corrected chi connectivity index (χ1v) is 12.5. The minimum Gasteiger partial charge on any atom is -0.491 e. The van der Waals surface area contributed by atoms with Crippen molar-refractivity contribution in [2.45, 2.75) is 50.9 Å². The molecular formula is C26H36N4O4. The number of nitrogens with one attached hydrogen (secondary N) is 1. The molecule has 184 valence electrons. The SMILES string of the molecule is CNCC(O)COc1cccc(-c2nc(C[C@@H]3CCOC3)c(C)c(N3CC4CCC(C3)O4)n2)c1.